The summed E-state index contributed by atoms with van der Waals surface area (Å²) in [5.74, 6) is 0.594. The number of carbonyl (C=O) groups excluding carboxylic acids is 1. The Labute approximate surface area is 135 Å². The van der Waals surface area contributed by atoms with Gasteiger partial charge in [-0.25, -0.2) is 0 Å². The maximum atomic E-state index is 12.8. The van der Waals surface area contributed by atoms with E-state index in [4.69, 9.17) is 16.3 Å². The summed E-state index contributed by atoms with van der Waals surface area (Å²) in [6.07, 6.45) is 6.04. The minimum Gasteiger partial charge on any atom is -0.373 e. The quantitative estimate of drug-likeness (QED) is 0.614. The van der Waals surface area contributed by atoms with Crippen LogP contribution in [0.4, 0.5) is 0 Å². The molecule has 3 nitrogen and oxygen atoms in total. The number of morpholine rings is 1. The van der Waals surface area contributed by atoms with Gasteiger partial charge in [-0.05, 0) is 44.2 Å². The first kappa shape index (κ1) is 15.3. The summed E-state index contributed by atoms with van der Waals surface area (Å²) in [6.45, 7) is 3.22. The zero-order valence-electron chi connectivity index (χ0n) is 12.4. The van der Waals surface area contributed by atoms with Gasteiger partial charge in [0.15, 0.2) is 0 Å². The van der Waals surface area contributed by atoms with Gasteiger partial charge >= 0.3 is 0 Å². The standard InChI is InChI=1S/C16H22ClNO2S/c1-11-10-20-13(8-17)9-18(11)16(19)15-7-12-5-3-2-4-6-14(12)21-15/h7,11,13H,2-6,8-10H2,1H3. The third kappa shape index (κ3) is 3.27. The Balaban J connectivity index is 1.78. The van der Waals surface area contributed by atoms with Crippen LogP contribution in [-0.2, 0) is 17.6 Å². The van der Waals surface area contributed by atoms with E-state index in [1.807, 2.05) is 11.8 Å². The molecule has 1 saturated heterocycles. The van der Waals surface area contributed by atoms with Gasteiger partial charge in [0, 0.05) is 11.4 Å². The summed E-state index contributed by atoms with van der Waals surface area (Å²) in [4.78, 5) is 17.1. The molecule has 1 aromatic heterocycles. The molecule has 1 aliphatic carbocycles. The minimum absolute atomic E-state index is 0.0374. The lowest BCUT2D eigenvalue weighted by Gasteiger charge is -2.37. The highest BCUT2D eigenvalue weighted by Gasteiger charge is 2.31. The molecule has 1 amide bonds. The first-order chi connectivity index (χ1) is 10.2. The Morgan fingerprint density at radius 3 is 3.05 bits per heavy atom. The number of ether oxygens (including phenoxy) is 1. The number of nitrogens with zero attached hydrogens (tertiary/aromatic N) is 1. The fraction of sp³-hybridized carbons (Fsp3) is 0.688. The van der Waals surface area contributed by atoms with Crippen molar-refractivity contribution in [3.8, 4) is 0 Å². The van der Waals surface area contributed by atoms with Crippen molar-refractivity contribution in [1.82, 2.24) is 4.90 Å². The molecule has 0 N–H and O–H groups in total. The van der Waals surface area contributed by atoms with Gasteiger partial charge in [0.25, 0.3) is 5.91 Å². The molecule has 116 valence electrons. The van der Waals surface area contributed by atoms with Crippen LogP contribution >= 0.6 is 22.9 Å². The van der Waals surface area contributed by atoms with Crippen molar-refractivity contribution in [2.24, 2.45) is 0 Å². The molecular formula is C16H22ClNO2S. The first-order valence-corrected chi connectivity index (χ1v) is 9.14. The Hall–Kier alpha value is -0.580. The summed E-state index contributed by atoms with van der Waals surface area (Å²) >= 11 is 7.58. The molecule has 2 unspecified atom stereocenters. The number of thiophene rings is 1. The van der Waals surface area contributed by atoms with E-state index in [1.54, 1.807) is 11.3 Å². The van der Waals surface area contributed by atoms with Crippen LogP contribution in [0, 0.1) is 0 Å². The molecule has 1 aliphatic heterocycles. The van der Waals surface area contributed by atoms with Crippen molar-refractivity contribution < 1.29 is 9.53 Å². The van der Waals surface area contributed by atoms with E-state index in [0.29, 0.717) is 19.0 Å². The predicted octanol–water partition coefficient (Wildman–Crippen LogP) is 3.49. The fourth-order valence-electron chi connectivity index (χ4n) is 3.11. The number of hydrogen-bond acceptors (Lipinski definition) is 3. The molecular weight excluding hydrogens is 306 g/mol. The maximum Gasteiger partial charge on any atom is 0.264 e. The highest BCUT2D eigenvalue weighted by molar-refractivity contribution is 7.14. The van der Waals surface area contributed by atoms with Crippen molar-refractivity contribution >= 4 is 28.8 Å². The van der Waals surface area contributed by atoms with Crippen LogP contribution in [0.1, 0.15) is 46.3 Å². The van der Waals surface area contributed by atoms with E-state index in [9.17, 15) is 4.79 Å². The second kappa shape index (κ2) is 6.67. The van der Waals surface area contributed by atoms with Gasteiger partial charge in [0.2, 0.25) is 0 Å². The number of rotatable bonds is 2. The topological polar surface area (TPSA) is 29.5 Å². The lowest BCUT2D eigenvalue weighted by atomic mass is 10.1. The minimum atomic E-state index is -0.0374. The highest BCUT2D eigenvalue weighted by Crippen LogP contribution is 2.30. The molecule has 2 aliphatic rings. The van der Waals surface area contributed by atoms with Gasteiger partial charge in [0.1, 0.15) is 0 Å². The van der Waals surface area contributed by atoms with Gasteiger partial charge < -0.3 is 9.64 Å². The predicted molar refractivity (Wildman–Crippen MR) is 86.5 cm³/mol. The third-order valence-electron chi connectivity index (χ3n) is 4.40. The number of fused-ring (bicyclic) bond motifs is 1. The van der Waals surface area contributed by atoms with E-state index < -0.39 is 0 Å². The Bertz CT molecular complexity index is 493. The second-order valence-corrected chi connectivity index (χ2v) is 7.48. The lowest BCUT2D eigenvalue weighted by molar-refractivity contribution is -0.0370. The molecule has 2 heterocycles. The first-order valence-electron chi connectivity index (χ1n) is 7.79. The van der Waals surface area contributed by atoms with Crippen molar-refractivity contribution in [1.29, 1.82) is 0 Å². The van der Waals surface area contributed by atoms with E-state index in [0.717, 1.165) is 17.7 Å². The number of aryl methyl sites for hydroxylation is 2. The van der Waals surface area contributed by atoms with Crippen molar-refractivity contribution in [2.45, 2.75) is 51.2 Å². The molecule has 1 fully saturated rings. The van der Waals surface area contributed by atoms with E-state index in [1.165, 1.54) is 29.7 Å². The number of alkyl halides is 1. The maximum absolute atomic E-state index is 12.8. The van der Waals surface area contributed by atoms with E-state index in [2.05, 4.69) is 6.07 Å². The van der Waals surface area contributed by atoms with Gasteiger partial charge in [0.05, 0.1) is 29.5 Å². The number of halogens is 1. The fourth-order valence-corrected chi connectivity index (χ4v) is 4.50. The number of carbonyl (C=O) groups is 1. The van der Waals surface area contributed by atoms with Crippen LogP contribution < -0.4 is 0 Å². The zero-order chi connectivity index (χ0) is 14.8. The van der Waals surface area contributed by atoms with Gasteiger partial charge in [-0.1, -0.05) is 6.42 Å². The summed E-state index contributed by atoms with van der Waals surface area (Å²) in [7, 11) is 0. The van der Waals surface area contributed by atoms with Gasteiger partial charge in [-0.3, -0.25) is 4.79 Å². The van der Waals surface area contributed by atoms with Crippen LogP contribution in [0.5, 0.6) is 0 Å². The Morgan fingerprint density at radius 2 is 2.24 bits per heavy atom. The zero-order valence-corrected chi connectivity index (χ0v) is 14.0. The van der Waals surface area contributed by atoms with Crippen LogP contribution in [0.2, 0.25) is 0 Å². The second-order valence-electron chi connectivity index (χ2n) is 6.04. The monoisotopic (exact) mass is 327 g/mol. The highest BCUT2D eigenvalue weighted by atomic mass is 35.5. The van der Waals surface area contributed by atoms with E-state index in [-0.39, 0.29) is 18.1 Å². The molecule has 1 aromatic rings. The average molecular weight is 328 g/mol. The van der Waals surface area contributed by atoms with Crippen molar-refractivity contribution in [3.63, 3.8) is 0 Å². The van der Waals surface area contributed by atoms with Crippen LogP contribution in [0.25, 0.3) is 0 Å². The van der Waals surface area contributed by atoms with E-state index >= 15 is 0 Å². The number of amides is 1. The lowest BCUT2D eigenvalue weighted by Crippen LogP contribution is -2.51. The summed E-state index contributed by atoms with van der Waals surface area (Å²) in [5.41, 5.74) is 1.40. The molecule has 5 heteroatoms. The molecule has 21 heavy (non-hydrogen) atoms. The van der Waals surface area contributed by atoms with Crippen LogP contribution in [0.3, 0.4) is 0 Å². The average Bonchev–Trinajstić information content (AvgIpc) is 2.78. The summed E-state index contributed by atoms with van der Waals surface area (Å²) < 4.78 is 5.63. The number of hydrogen-bond donors (Lipinski definition) is 0. The van der Waals surface area contributed by atoms with Crippen LogP contribution in [0.15, 0.2) is 6.07 Å². The molecule has 0 saturated carbocycles. The Kier molecular flexibility index (Phi) is 4.87. The third-order valence-corrected chi connectivity index (χ3v) is 5.97. The molecule has 0 spiro atoms. The smallest absolute Gasteiger partial charge is 0.264 e. The Morgan fingerprint density at radius 1 is 1.43 bits per heavy atom. The van der Waals surface area contributed by atoms with Crippen LogP contribution in [-0.4, -0.2) is 42.0 Å². The van der Waals surface area contributed by atoms with Gasteiger partial charge in [-0.15, -0.1) is 22.9 Å². The molecule has 0 radical (unpaired) electrons. The normalized spacial score (nSPS) is 26.3. The van der Waals surface area contributed by atoms with Crippen molar-refractivity contribution in [3.05, 3.63) is 21.4 Å². The summed E-state index contributed by atoms with van der Waals surface area (Å²) in [6, 6.07) is 2.25. The molecule has 2 atom stereocenters. The van der Waals surface area contributed by atoms with Gasteiger partial charge in [-0.2, -0.15) is 0 Å². The van der Waals surface area contributed by atoms with Crippen molar-refractivity contribution in [2.75, 3.05) is 19.0 Å². The largest absolute Gasteiger partial charge is 0.373 e. The molecule has 0 aromatic carbocycles. The summed E-state index contributed by atoms with van der Waals surface area (Å²) in [5, 5.41) is 0. The SMILES string of the molecule is CC1COC(CCl)CN1C(=O)c1cc2c(s1)CCCCC2. The molecule has 0 bridgehead atoms. The molecule has 3 rings (SSSR count).